The molecule has 0 spiro atoms. The molecule has 0 aliphatic carbocycles. The van der Waals surface area contributed by atoms with Crippen LogP contribution < -0.4 is 0 Å². The van der Waals surface area contributed by atoms with Crippen molar-refractivity contribution in [3.05, 3.63) is 35.4 Å². The van der Waals surface area contributed by atoms with E-state index >= 15 is 0 Å². The van der Waals surface area contributed by atoms with Crippen molar-refractivity contribution in [3.63, 3.8) is 0 Å². The standard InChI is InChI=1S/C10H15S.6FH.Sb/c1-9-4-6-10(7-5-9)8-11(2)3;;;;;;;/h4-7H,8H2,1-3H3;6*1H;/q+1;;;;;;;+5/p-6. The summed E-state index contributed by atoms with van der Waals surface area (Å²) < 4.78 is 59.6. The minimum absolute atomic E-state index is 0.527. The van der Waals surface area contributed by atoms with Crippen LogP contribution in [0.1, 0.15) is 11.1 Å². The number of benzene rings is 1. The zero-order chi connectivity index (χ0) is 14.7. The van der Waals surface area contributed by atoms with Gasteiger partial charge in [0.25, 0.3) is 0 Å². The number of halogens is 6. The van der Waals surface area contributed by atoms with Gasteiger partial charge in [-0.25, -0.2) is 0 Å². The van der Waals surface area contributed by atoms with Gasteiger partial charge in [0.1, 0.15) is 5.75 Å². The predicted octanol–water partition coefficient (Wildman–Crippen LogP) is 4.51. The van der Waals surface area contributed by atoms with E-state index in [2.05, 4.69) is 43.7 Å². The van der Waals surface area contributed by atoms with E-state index in [1.165, 1.54) is 16.9 Å². The second-order valence-corrected chi connectivity index (χ2v) is 11.8. The third kappa shape index (κ3) is 18.3. The molecular weight excluding hydrogens is 388 g/mol. The van der Waals surface area contributed by atoms with E-state index < -0.39 is 19.5 Å². The van der Waals surface area contributed by atoms with Crippen molar-refractivity contribution in [2.45, 2.75) is 12.7 Å². The minimum atomic E-state index is -11.2. The molecule has 0 aliphatic heterocycles. The SMILES string of the molecule is Cc1ccc(C[S+](C)C)cc1.[F][Sb-]([F])([F])([F])([F])[F]. The molecule has 0 aliphatic rings. The Morgan fingerprint density at radius 2 is 1.22 bits per heavy atom. The summed E-state index contributed by atoms with van der Waals surface area (Å²) in [4.78, 5) is 0. The maximum absolute atomic E-state index is 11.2. The first-order valence-electron chi connectivity index (χ1n) is 4.79. The Kier molecular flexibility index (Phi) is 5.15. The molecule has 0 saturated carbocycles. The van der Waals surface area contributed by atoms with E-state index in [-0.39, 0.29) is 0 Å². The van der Waals surface area contributed by atoms with E-state index in [1.807, 2.05) is 0 Å². The number of hydrogen-bond donors (Lipinski definition) is 0. The van der Waals surface area contributed by atoms with Crippen LogP contribution in [0.25, 0.3) is 0 Å². The summed E-state index contributed by atoms with van der Waals surface area (Å²) in [6, 6.07) is 8.81. The molecule has 0 nitrogen and oxygen atoms in total. The fraction of sp³-hybridized carbons (Fsp3) is 0.400. The van der Waals surface area contributed by atoms with Crippen LogP contribution in [0.15, 0.2) is 24.3 Å². The Balaban J connectivity index is 0.000000360. The number of aryl methyl sites for hydroxylation is 1. The summed E-state index contributed by atoms with van der Waals surface area (Å²) in [5.74, 6) is 1.22. The normalized spacial score (nSPS) is 15.4. The van der Waals surface area contributed by atoms with Gasteiger partial charge >= 0.3 is 36.4 Å². The van der Waals surface area contributed by atoms with Crippen LogP contribution in [0.4, 0.5) is 16.9 Å². The topological polar surface area (TPSA) is 0 Å². The molecule has 18 heavy (non-hydrogen) atoms. The average Bonchev–Trinajstić information content (AvgIpc) is 2.02. The predicted molar refractivity (Wildman–Crippen MR) is 66.5 cm³/mol. The first-order valence-corrected chi connectivity index (χ1v) is 12.8. The van der Waals surface area contributed by atoms with E-state index in [1.54, 1.807) is 0 Å². The molecule has 0 amide bonds. The Morgan fingerprint density at radius 1 is 0.889 bits per heavy atom. The molecule has 0 atom stereocenters. The summed E-state index contributed by atoms with van der Waals surface area (Å²) in [6.45, 7) is 2.13. The molecule has 0 N–H and O–H groups in total. The van der Waals surface area contributed by atoms with Crippen molar-refractivity contribution in [2.75, 3.05) is 12.5 Å². The number of hydrogen-bond acceptors (Lipinski definition) is 0. The van der Waals surface area contributed by atoms with Crippen LogP contribution in [0.2, 0.25) is 0 Å². The fourth-order valence-electron chi connectivity index (χ4n) is 1.02. The molecule has 1 aromatic rings. The molecular formula is C10H15F6SSb. The molecule has 0 radical (unpaired) electrons. The van der Waals surface area contributed by atoms with Gasteiger partial charge in [0.05, 0.1) is 12.5 Å². The zero-order valence-corrected chi connectivity index (χ0v) is 13.5. The third-order valence-electron chi connectivity index (χ3n) is 1.58. The van der Waals surface area contributed by atoms with Crippen LogP contribution in [0, 0.1) is 6.92 Å². The van der Waals surface area contributed by atoms with Crippen molar-refractivity contribution in [2.24, 2.45) is 0 Å². The second kappa shape index (κ2) is 5.16. The molecule has 0 saturated heterocycles. The Labute approximate surface area is 108 Å². The molecule has 0 fully saturated rings. The third-order valence-corrected chi connectivity index (χ3v) is 2.49. The summed E-state index contributed by atoms with van der Waals surface area (Å²) in [7, 11) is 0.527. The summed E-state index contributed by atoms with van der Waals surface area (Å²) in [6.07, 6.45) is 4.56. The monoisotopic (exact) mass is 402 g/mol. The quantitative estimate of drug-likeness (QED) is 0.387. The van der Waals surface area contributed by atoms with Crippen LogP contribution in [-0.4, -0.2) is 32.0 Å². The van der Waals surface area contributed by atoms with Crippen molar-refractivity contribution in [3.8, 4) is 0 Å². The fourth-order valence-corrected chi connectivity index (χ4v) is 1.88. The van der Waals surface area contributed by atoms with Crippen LogP contribution in [0.5, 0.6) is 0 Å². The van der Waals surface area contributed by atoms with Gasteiger partial charge < -0.3 is 0 Å². The summed E-state index contributed by atoms with van der Waals surface area (Å²) >= 11 is -11.2. The first-order chi connectivity index (χ1) is 7.63. The average molecular weight is 403 g/mol. The Hall–Kier alpha value is -0.0318. The van der Waals surface area contributed by atoms with Crippen LogP contribution in [-0.2, 0) is 16.6 Å². The molecule has 0 aromatic heterocycles. The van der Waals surface area contributed by atoms with Crippen molar-refractivity contribution < 1.29 is 16.9 Å². The first kappa shape index (κ1) is 18.0. The van der Waals surface area contributed by atoms with Gasteiger partial charge in [0, 0.05) is 5.56 Å². The van der Waals surface area contributed by atoms with E-state index in [4.69, 9.17) is 0 Å². The van der Waals surface area contributed by atoms with E-state index in [0.717, 1.165) is 0 Å². The summed E-state index contributed by atoms with van der Waals surface area (Å²) in [5, 5.41) is 0. The van der Waals surface area contributed by atoms with Gasteiger partial charge in [-0.05, 0) is 17.8 Å². The Morgan fingerprint density at radius 3 is 1.50 bits per heavy atom. The molecule has 0 heterocycles. The van der Waals surface area contributed by atoms with Crippen LogP contribution >= 0.6 is 0 Å². The van der Waals surface area contributed by atoms with Crippen molar-refractivity contribution >= 4 is 30.4 Å². The van der Waals surface area contributed by atoms with Gasteiger partial charge in [0.15, 0.2) is 0 Å². The van der Waals surface area contributed by atoms with E-state index in [0.29, 0.717) is 10.9 Å². The van der Waals surface area contributed by atoms with Crippen molar-refractivity contribution in [1.82, 2.24) is 0 Å². The molecule has 0 bridgehead atoms. The van der Waals surface area contributed by atoms with Crippen LogP contribution in [0.3, 0.4) is 0 Å². The van der Waals surface area contributed by atoms with Gasteiger partial charge in [0.2, 0.25) is 0 Å². The van der Waals surface area contributed by atoms with E-state index in [9.17, 15) is 16.9 Å². The molecule has 0 unspecified atom stereocenters. The summed E-state index contributed by atoms with van der Waals surface area (Å²) in [5.41, 5.74) is 2.81. The molecule has 108 valence electrons. The second-order valence-electron chi connectivity index (χ2n) is 4.07. The molecule has 1 rings (SSSR count). The number of rotatable bonds is 2. The molecule has 8 heteroatoms. The maximum atomic E-state index is 9.93. The Bertz CT molecular complexity index is 368. The molecule has 1 aromatic carbocycles. The van der Waals surface area contributed by atoms with Gasteiger partial charge in [-0.3, -0.25) is 0 Å². The zero-order valence-electron chi connectivity index (χ0n) is 10.1. The van der Waals surface area contributed by atoms with Gasteiger partial charge in [-0.15, -0.1) is 0 Å². The van der Waals surface area contributed by atoms with Gasteiger partial charge in [-0.1, -0.05) is 29.8 Å². The van der Waals surface area contributed by atoms with Crippen molar-refractivity contribution in [1.29, 1.82) is 0 Å². The van der Waals surface area contributed by atoms with Gasteiger partial charge in [-0.2, -0.15) is 0 Å².